The molecule has 6 nitrogen and oxygen atoms in total. The number of carbonyl (C=O) groups is 2. The van der Waals surface area contributed by atoms with Crippen molar-refractivity contribution in [2.75, 3.05) is 18.6 Å². The standard InChI is InChI=1S/C19H20FNO5/c1-3-16(26-17-7-5-4-6-15(17)20)19(24)21(2)13-8-10-14(11-9-13)25-12-18(22)23/h4-11,16H,3,12H2,1-2H3,(H,22,23). The highest BCUT2D eigenvalue weighted by Crippen LogP contribution is 2.22. The predicted octanol–water partition coefficient (Wildman–Crippen LogP) is 3.11. The van der Waals surface area contributed by atoms with Gasteiger partial charge in [-0.25, -0.2) is 9.18 Å². The number of anilines is 1. The Labute approximate surface area is 150 Å². The number of ether oxygens (including phenoxy) is 2. The summed E-state index contributed by atoms with van der Waals surface area (Å²) in [6, 6.07) is 12.3. The zero-order chi connectivity index (χ0) is 19.1. The van der Waals surface area contributed by atoms with Crippen LogP contribution >= 0.6 is 0 Å². The first-order chi connectivity index (χ1) is 12.4. The van der Waals surface area contributed by atoms with E-state index in [0.717, 1.165) is 0 Å². The summed E-state index contributed by atoms with van der Waals surface area (Å²) in [6.07, 6.45) is -0.461. The van der Waals surface area contributed by atoms with Crippen LogP contribution in [-0.2, 0) is 9.59 Å². The molecule has 0 aliphatic heterocycles. The van der Waals surface area contributed by atoms with Gasteiger partial charge in [-0.2, -0.15) is 0 Å². The van der Waals surface area contributed by atoms with Gasteiger partial charge in [-0.05, 0) is 42.8 Å². The number of hydrogen-bond donors (Lipinski definition) is 1. The van der Waals surface area contributed by atoms with Crippen molar-refractivity contribution in [3.63, 3.8) is 0 Å². The van der Waals surface area contributed by atoms with Crippen LogP contribution in [0, 0.1) is 5.82 Å². The molecule has 0 bridgehead atoms. The van der Waals surface area contributed by atoms with Crippen LogP contribution in [0.1, 0.15) is 13.3 Å². The molecular formula is C19H20FNO5. The lowest BCUT2D eigenvalue weighted by Crippen LogP contribution is -2.39. The molecule has 2 aromatic rings. The number of para-hydroxylation sites is 1. The maximum atomic E-state index is 13.7. The van der Waals surface area contributed by atoms with E-state index in [4.69, 9.17) is 14.6 Å². The maximum Gasteiger partial charge on any atom is 0.341 e. The van der Waals surface area contributed by atoms with Gasteiger partial charge in [0.15, 0.2) is 24.3 Å². The van der Waals surface area contributed by atoms with Crippen molar-refractivity contribution in [1.29, 1.82) is 0 Å². The van der Waals surface area contributed by atoms with Gasteiger partial charge in [0.1, 0.15) is 5.75 Å². The Morgan fingerprint density at radius 1 is 1.15 bits per heavy atom. The number of nitrogens with zero attached hydrogens (tertiary/aromatic N) is 1. The van der Waals surface area contributed by atoms with Crippen molar-refractivity contribution in [3.05, 3.63) is 54.3 Å². The predicted molar refractivity (Wildman–Crippen MR) is 94.1 cm³/mol. The fourth-order valence-electron chi connectivity index (χ4n) is 2.26. The van der Waals surface area contributed by atoms with E-state index in [2.05, 4.69) is 0 Å². The van der Waals surface area contributed by atoms with Crippen LogP contribution < -0.4 is 14.4 Å². The number of aliphatic carboxylic acids is 1. The summed E-state index contributed by atoms with van der Waals surface area (Å²) in [5, 5.41) is 8.60. The average molecular weight is 361 g/mol. The second-order valence-electron chi connectivity index (χ2n) is 5.52. The quantitative estimate of drug-likeness (QED) is 0.782. The van der Waals surface area contributed by atoms with Crippen molar-refractivity contribution in [2.24, 2.45) is 0 Å². The zero-order valence-corrected chi connectivity index (χ0v) is 14.5. The molecule has 1 N–H and O–H groups in total. The molecule has 0 aliphatic carbocycles. The largest absolute Gasteiger partial charge is 0.482 e. The molecule has 0 heterocycles. The molecule has 138 valence electrons. The molecule has 0 saturated carbocycles. The summed E-state index contributed by atoms with van der Waals surface area (Å²) in [5.74, 6) is -1.51. The summed E-state index contributed by atoms with van der Waals surface area (Å²) in [4.78, 5) is 24.6. The van der Waals surface area contributed by atoms with Crippen LogP contribution in [0.4, 0.5) is 10.1 Å². The molecule has 0 saturated heterocycles. The SMILES string of the molecule is CCC(Oc1ccccc1F)C(=O)N(C)c1ccc(OCC(=O)O)cc1. The number of likely N-dealkylation sites (N-methyl/N-ethyl adjacent to an activating group) is 1. The Hall–Kier alpha value is -3.09. The zero-order valence-electron chi connectivity index (χ0n) is 14.5. The lowest BCUT2D eigenvalue weighted by molar-refractivity contribution is -0.139. The molecule has 26 heavy (non-hydrogen) atoms. The molecule has 1 atom stereocenters. The van der Waals surface area contributed by atoms with E-state index in [9.17, 15) is 14.0 Å². The first kappa shape index (κ1) is 19.2. The molecule has 0 fully saturated rings. The van der Waals surface area contributed by atoms with Crippen molar-refractivity contribution >= 4 is 17.6 Å². The van der Waals surface area contributed by atoms with Gasteiger partial charge < -0.3 is 19.5 Å². The highest BCUT2D eigenvalue weighted by atomic mass is 19.1. The first-order valence-corrected chi connectivity index (χ1v) is 8.05. The van der Waals surface area contributed by atoms with Crippen LogP contribution in [0.15, 0.2) is 48.5 Å². The number of benzene rings is 2. The smallest absolute Gasteiger partial charge is 0.341 e. The Morgan fingerprint density at radius 2 is 1.81 bits per heavy atom. The molecule has 1 unspecified atom stereocenters. The van der Waals surface area contributed by atoms with Gasteiger partial charge in [0, 0.05) is 12.7 Å². The van der Waals surface area contributed by atoms with Crippen molar-refractivity contribution in [3.8, 4) is 11.5 Å². The summed E-state index contributed by atoms with van der Waals surface area (Å²) >= 11 is 0. The number of halogens is 1. The number of hydrogen-bond acceptors (Lipinski definition) is 4. The van der Waals surface area contributed by atoms with Crippen molar-refractivity contribution in [2.45, 2.75) is 19.4 Å². The van der Waals surface area contributed by atoms with Crippen LogP contribution in [0.25, 0.3) is 0 Å². The number of carbonyl (C=O) groups excluding carboxylic acids is 1. The fourth-order valence-corrected chi connectivity index (χ4v) is 2.26. The van der Waals surface area contributed by atoms with Crippen molar-refractivity contribution < 1.29 is 28.6 Å². The highest BCUT2D eigenvalue weighted by Gasteiger charge is 2.24. The Bertz CT molecular complexity index is 763. The van der Waals surface area contributed by atoms with E-state index < -0.39 is 24.5 Å². The van der Waals surface area contributed by atoms with Gasteiger partial charge in [0.05, 0.1) is 0 Å². The minimum absolute atomic E-state index is 0.0264. The molecule has 0 radical (unpaired) electrons. The van der Waals surface area contributed by atoms with E-state index in [0.29, 0.717) is 17.9 Å². The summed E-state index contributed by atoms with van der Waals surface area (Å²) in [6.45, 7) is 1.34. The van der Waals surface area contributed by atoms with Gasteiger partial charge in [-0.1, -0.05) is 19.1 Å². The minimum atomic E-state index is -1.07. The van der Waals surface area contributed by atoms with Gasteiger partial charge >= 0.3 is 5.97 Å². The Morgan fingerprint density at radius 3 is 2.38 bits per heavy atom. The normalized spacial score (nSPS) is 11.5. The maximum absolute atomic E-state index is 13.7. The van der Waals surface area contributed by atoms with Gasteiger partial charge in [-0.15, -0.1) is 0 Å². The van der Waals surface area contributed by atoms with E-state index in [-0.39, 0.29) is 11.7 Å². The lowest BCUT2D eigenvalue weighted by atomic mass is 10.2. The molecule has 0 aliphatic rings. The second kappa shape index (κ2) is 8.84. The van der Waals surface area contributed by atoms with Crippen LogP contribution in [-0.4, -0.2) is 36.7 Å². The third kappa shape index (κ3) is 4.95. The molecule has 0 spiro atoms. The Balaban J connectivity index is 2.06. The topological polar surface area (TPSA) is 76.1 Å². The lowest BCUT2D eigenvalue weighted by Gasteiger charge is -2.24. The summed E-state index contributed by atoms with van der Waals surface area (Å²) in [5.41, 5.74) is 0.577. The van der Waals surface area contributed by atoms with Gasteiger partial charge in [-0.3, -0.25) is 4.79 Å². The van der Waals surface area contributed by atoms with Crippen LogP contribution in [0.2, 0.25) is 0 Å². The molecule has 0 aromatic heterocycles. The van der Waals surface area contributed by atoms with E-state index in [1.807, 2.05) is 0 Å². The molecule has 2 aromatic carbocycles. The molecule has 7 heteroatoms. The van der Waals surface area contributed by atoms with Crippen molar-refractivity contribution in [1.82, 2.24) is 0 Å². The van der Waals surface area contributed by atoms with E-state index in [1.54, 1.807) is 50.4 Å². The summed E-state index contributed by atoms with van der Waals surface area (Å²) in [7, 11) is 1.59. The number of amides is 1. The molecule has 2 rings (SSSR count). The second-order valence-corrected chi connectivity index (χ2v) is 5.52. The first-order valence-electron chi connectivity index (χ1n) is 8.05. The number of carboxylic acids is 1. The molecular weight excluding hydrogens is 341 g/mol. The third-order valence-electron chi connectivity index (χ3n) is 3.67. The highest BCUT2D eigenvalue weighted by molar-refractivity contribution is 5.96. The third-order valence-corrected chi connectivity index (χ3v) is 3.67. The van der Waals surface area contributed by atoms with Crippen LogP contribution in [0.3, 0.4) is 0 Å². The van der Waals surface area contributed by atoms with E-state index >= 15 is 0 Å². The van der Waals surface area contributed by atoms with Crippen LogP contribution in [0.5, 0.6) is 11.5 Å². The minimum Gasteiger partial charge on any atom is -0.482 e. The van der Waals surface area contributed by atoms with Gasteiger partial charge in [0.2, 0.25) is 0 Å². The van der Waals surface area contributed by atoms with E-state index in [1.165, 1.54) is 17.0 Å². The fraction of sp³-hybridized carbons (Fsp3) is 0.263. The summed E-state index contributed by atoms with van der Waals surface area (Å²) < 4.78 is 24.3. The Kier molecular flexibility index (Phi) is 6.54. The average Bonchev–Trinajstić information content (AvgIpc) is 2.65. The monoisotopic (exact) mass is 361 g/mol. The number of carboxylic acid groups (broad SMARTS) is 1. The van der Waals surface area contributed by atoms with Gasteiger partial charge in [0.25, 0.3) is 5.91 Å². The molecule has 1 amide bonds. The number of rotatable bonds is 8.